The number of hydrogen-bond donors (Lipinski definition) is 2. The number of carbonyl (C=O) groups excluding carboxylic acids is 6. The summed E-state index contributed by atoms with van der Waals surface area (Å²) in [6.45, 7) is 25.0. The number of fused-ring (bicyclic) bond motifs is 5. The molecule has 3 aliphatic carbocycles. The zero-order valence-corrected chi connectivity index (χ0v) is 48.6. The van der Waals surface area contributed by atoms with Gasteiger partial charge in [-0.1, -0.05) is 91.8 Å². The lowest BCUT2D eigenvalue weighted by Gasteiger charge is -2.68. The number of ketones is 1. The van der Waals surface area contributed by atoms with Crippen molar-refractivity contribution in [2.24, 2.45) is 16.7 Å². The summed E-state index contributed by atoms with van der Waals surface area (Å²) in [4.78, 5) is 92.8. The molecule has 16 nitrogen and oxygen atoms in total. The van der Waals surface area contributed by atoms with Gasteiger partial charge in [0.2, 0.25) is 0 Å². The molecule has 2 saturated carbocycles. The van der Waals surface area contributed by atoms with E-state index in [1.807, 2.05) is 33.9 Å². The van der Waals surface area contributed by atoms with Gasteiger partial charge >= 0.3 is 23.9 Å². The van der Waals surface area contributed by atoms with Crippen LogP contribution in [-0.4, -0.2) is 117 Å². The number of hydrogen-bond acceptors (Lipinski definition) is 15. The van der Waals surface area contributed by atoms with E-state index in [1.54, 1.807) is 113 Å². The lowest BCUT2D eigenvalue weighted by atomic mass is 9.44. The standard InChI is InChI=1S/C58H78N2O14Si2/c1-15-76(16-2,17-3)73-42-32-43-57(34-68-43,72-37(6)62)48-50(71-52(65)40-26-22-19-23-27-40)58(67)33-41(35(4)44(55(58,10)11)46(69-36(5)61)49(63)56(42,48)12)70-53(66)47(74-75(13,14)54(7,8)9)45(38-28-30-59-31-29-38)60-51(64)39-24-20-18-21-25-39/h18-31,41-43,45-48,50,67H,15-17,32-34H2,1-14H3,(H,60,64)/t41-,42-,43+,45-,46+,47+,48-,50-,56+,57-,58+/m0/s1. The zero-order valence-electron chi connectivity index (χ0n) is 46.6. The second-order valence-electron chi connectivity index (χ2n) is 23.4. The van der Waals surface area contributed by atoms with Crippen LogP contribution < -0.4 is 5.32 Å². The highest BCUT2D eigenvalue weighted by molar-refractivity contribution is 6.74. The molecule has 4 aliphatic rings. The van der Waals surface area contributed by atoms with Gasteiger partial charge in [-0.05, 0) is 103 Å². The fourth-order valence-electron chi connectivity index (χ4n) is 12.1. The topological polar surface area (TPSA) is 212 Å². The highest BCUT2D eigenvalue weighted by Gasteiger charge is 2.79. The molecule has 2 bridgehead atoms. The van der Waals surface area contributed by atoms with Gasteiger partial charge in [0, 0.05) is 50.1 Å². The quantitative estimate of drug-likeness (QED) is 0.0558. The number of aliphatic hydroxyl groups is 1. The summed E-state index contributed by atoms with van der Waals surface area (Å²) < 4.78 is 46.9. The third-order valence-electron chi connectivity index (χ3n) is 17.9. The van der Waals surface area contributed by atoms with Crippen LogP contribution in [0.15, 0.2) is 96.3 Å². The molecule has 7 rings (SSSR count). The molecular formula is C58H78N2O14Si2. The van der Waals surface area contributed by atoms with Gasteiger partial charge < -0.3 is 43.0 Å². The van der Waals surface area contributed by atoms with Crippen molar-refractivity contribution < 1.29 is 66.4 Å². The number of esters is 4. The summed E-state index contributed by atoms with van der Waals surface area (Å²) in [5, 5.41) is 17.0. The van der Waals surface area contributed by atoms with E-state index < -0.39 is 134 Å². The Hall–Kier alpha value is -5.38. The lowest BCUT2D eigenvalue weighted by molar-refractivity contribution is -0.344. The van der Waals surface area contributed by atoms with Crippen LogP contribution in [0.1, 0.15) is 128 Å². The monoisotopic (exact) mass is 1080 g/mol. The van der Waals surface area contributed by atoms with E-state index >= 15 is 9.59 Å². The normalized spacial score (nSPS) is 28.9. The third kappa shape index (κ3) is 10.4. The Labute approximate surface area is 449 Å². The predicted octanol–water partition coefficient (Wildman–Crippen LogP) is 9.19. The fourth-order valence-corrected chi connectivity index (χ4v) is 16.3. The maximum Gasteiger partial charge on any atom is 0.338 e. The van der Waals surface area contributed by atoms with Crippen LogP contribution in [0.3, 0.4) is 0 Å². The number of amides is 1. The molecule has 1 amide bonds. The van der Waals surface area contributed by atoms with E-state index in [-0.39, 0.29) is 24.2 Å². The number of aromatic nitrogens is 1. The van der Waals surface area contributed by atoms with E-state index in [4.69, 9.17) is 32.5 Å². The minimum absolute atomic E-state index is 0.0854. The molecule has 2 aromatic carbocycles. The van der Waals surface area contributed by atoms with Gasteiger partial charge in [-0.2, -0.15) is 0 Å². The Morgan fingerprint density at radius 3 is 1.93 bits per heavy atom. The Morgan fingerprint density at radius 1 is 0.842 bits per heavy atom. The SMILES string of the molecule is CC[Si](CC)(CC)O[C@H]1C[C@H]2OC[C@@]2(OC(C)=O)[C@H]2[C@H](OC(=O)c3ccccc3)[C@]3(O)C[C@H](OC(=O)[C@H](O[Si](C)(C)C(C)(C)C)[C@@H](NC(=O)c4ccccc4)c4ccncc4)C(C)=C([C@@H](OC(C)=O)C(=O)[C@]12C)C3(C)C. The lowest BCUT2D eigenvalue weighted by Crippen LogP contribution is -2.82. The fraction of sp³-hybridized carbons (Fsp3) is 0.569. The highest BCUT2D eigenvalue weighted by atomic mass is 28.4. The number of nitrogens with zero attached hydrogens (tertiary/aromatic N) is 1. The smallest absolute Gasteiger partial charge is 0.338 e. The first-order valence-corrected chi connectivity index (χ1v) is 32.1. The molecule has 3 aromatic rings. The number of carbonyl (C=O) groups is 6. The van der Waals surface area contributed by atoms with Gasteiger partial charge in [0.15, 0.2) is 40.2 Å². The summed E-state index contributed by atoms with van der Waals surface area (Å²) in [7, 11) is -5.61. The van der Waals surface area contributed by atoms with E-state index in [0.717, 1.165) is 0 Å². The van der Waals surface area contributed by atoms with E-state index in [0.29, 0.717) is 34.8 Å². The Bertz CT molecular complexity index is 2680. The molecule has 1 saturated heterocycles. The minimum atomic E-state index is -2.96. The number of rotatable bonds is 17. The van der Waals surface area contributed by atoms with E-state index in [1.165, 1.54) is 13.8 Å². The van der Waals surface area contributed by atoms with Gasteiger partial charge in [0.1, 0.15) is 23.9 Å². The maximum atomic E-state index is 16.6. The van der Waals surface area contributed by atoms with Crippen molar-refractivity contribution >= 4 is 52.2 Å². The molecule has 2 N–H and O–H groups in total. The van der Waals surface area contributed by atoms with E-state index in [2.05, 4.69) is 31.1 Å². The summed E-state index contributed by atoms with van der Waals surface area (Å²) in [5.41, 5.74) is -6.13. The molecule has 0 spiro atoms. The molecule has 76 heavy (non-hydrogen) atoms. The molecule has 2 heterocycles. The first-order chi connectivity index (χ1) is 35.6. The third-order valence-corrected chi connectivity index (χ3v) is 27.0. The van der Waals surface area contributed by atoms with Crippen molar-refractivity contribution in [2.45, 2.75) is 186 Å². The first kappa shape index (κ1) is 58.3. The number of ether oxygens (including phenoxy) is 5. The van der Waals surface area contributed by atoms with Crippen LogP contribution in [0.25, 0.3) is 0 Å². The van der Waals surface area contributed by atoms with Crippen molar-refractivity contribution in [1.82, 2.24) is 10.3 Å². The summed E-state index contributed by atoms with van der Waals surface area (Å²) in [6.07, 6.45) is -5.55. The minimum Gasteiger partial charge on any atom is -0.456 e. The average Bonchev–Trinajstić information content (AvgIpc) is 3.54. The molecule has 0 unspecified atom stereocenters. The van der Waals surface area contributed by atoms with E-state index in [9.17, 15) is 24.3 Å². The molecule has 0 radical (unpaired) electrons. The average molecular weight is 1080 g/mol. The van der Waals surface area contributed by atoms with Crippen LogP contribution in [0.5, 0.6) is 0 Å². The first-order valence-electron chi connectivity index (χ1n) is 26.6. The van der Waals surface area contributed by atoms with Gasteiger partial charge in [-0.25, -0.2) is 9.59 Å². The van der Waals surface area contributed by atoms with Crippen LogP contribution in [0.2, 0.25) is 36.3 Å². The van der Waals surface area contributed by atoms with Crippen molar-refractivity contribution in [3.63, 3.8) is 0 Å². The van der Waals surface area contributed by atoms with Gasteiger partial charge in [-0.15, -0.1) is 0 Å². The number of benzene rings is 2. The van der Waals surface area contributed by atoms with Crippen LogP contribution >= 0.6 is 0 Å². The molecular weight excluding hydrogens is 1000 g/mol. The van der Waals surface area contributed by atoms with Gasteiger partial charge in [0.25, 0.3) is 5.91 Å². The largest absolute Gasteiger partial charge is 0.456 e. The molecule has 11 atom stereocenters. The van der Waals surface area contributed by atoms with Crippen molar-refractivity contribution in [1.29, 1.82) is 0 Å². The maximum absolute atomic E-state index is 16.6. The number of pyridine rings is 1. The molecule has 1 aliphatic heterocycles. The zero-order chi connectivity index (χ0) is 56.0. The van der Waals surface area contributed by atoms with Gasteiger partial charge in [0.05, 0.1) is 35.6 Å². The highest BCUT2D eigenvalue weighted by Crippen LogP contribution is 2.65. The molecule has 1 aromatic heterocycles. The van der Waals surface area contributed by atoms with Crippen molar-refractivity contribution in [2.75, 3.05) is 6.61 Å². The Morgan fingerprint density at radius 2 is 1.42 bits per heavy atom. The Kier molecular flexibility index (Phi) is 16.7. The predicted molar refractivity (Wildman–Crippen MR) is 288 cm³/mol. The number of nitrogens with one attached hydrogen (secondary N) is 1. The Balaban J connectivity index is 1.49. The summed E-state index contributed by atoms with van der Waals surface area (Å²) in [5.74, 6) is -5.84. The van der Waals surface area contributed by atoms with Crippen LogP contribution in [0.4, 0.5) is 0 Å². The van der Waals surface area contributed by atoms with Crippen LogP contribution in [-0.2, 0) is 51.7 Å². The second-order valence-corrected chi connectivity index (χ2v) is 32.9. The summed E-state index contributed by atoms with van der Waals surface area (Å²) in [6, 6.07) is 21.0. The molecule has 3 fully saturated rings. The molecule has 18 heteroatoms. The molecule has 412 valence electrons. The van der Waals surface area contributed by atoms with Crippen molar-refractivity contribution in [3.05, 3.63) is 113 Å². The summed E-state index contributed by atoms with van der Waals surface area (Å²) >= 11 is 0. The van der Waals surface area contributed by atoms with Gasteiger partial charge in [-0.3, -0.25) is 24.2 Å². The second kappa shape index (κ2) is 21.8. The van der Waals surface area contributed by atoms with Crippen LogP contribution in [0, 0.1) is 16.7 Å². The van der Waals surface area contributed by atoms with Crippen molar-refractivity contribution in [3.8, 4) is 0 Å². The number of Topliss-reactive ketones (excluding diaryl/α,β-unsaturated/α-hetero) is 1.